The molecule has 0 aliphatic carbocycles. The standard InChI is InChI=1S/C13H19N5O2S/c1-10(14-2)11-5-4-6-12(7-11)21(19,20)16-8-13-15-9-18(3)17-13/h4-7,9-10,14,16H,8H2,1-3H3. The van der Waals surface area contributed by atoms with Crippen LogP contribution in [-0.4, -0.2) is 30.2 Å². The zero-order chi connectivity index (χ0) is 15.5. The van der Waals surface area contributed by atoms with Crippen molar-refractivity contribution >= 4 is 10.0 Å². The van der Waals surface area contributed by atoms with Crippen molar-refractivity contribution in [3.63, 3.8) is 0 Å². The van der Waals surface area contributed by atoms with Crippen LogP contribution in [-0.2, 0) is 23.6 Å². The topological polar surface area (TPSA) is 88.9 Å². The molecule has 0 saturated heterocycles. The molecular formula is C13H19N5O2S. The average molecular weight is 309 g/mol. The molecule has 0 saturated carbocycles. The largest absolute Gasteiger partial charge is 0.313 e. The smallest absolute Gasteiger partial charge is 0.240 e. The van der Waals surface area contributed by atoms with Crippen LogP contribution in [0.5, 0.6) is 0 Å². The van der Waals surface area contributed by atoms with Gasteiger partial charge in [0.05, 0.1) is 11.4 Å². The van der Waals surface area contributed by atoms with E-state index in [0.29, 0.717) is 5.82 Å². The summed E-state index contributed by atoms with van der Waals surface area (Å²) in [5.41, 5.74) is 0.913. The fourth-order valence-corrected chi connectivity index (χ4v) is 2.86. The highest BCUT2D eigenvalue weighted by Crippen LogP contribution is 2.17. The molecule has 2 rings (SSSR count). The molecule has 0 aliphatic rings. The first-order chi connectivity index (χ1) is 9.92. The van der Waals surface area contributed by atoms with Crippen molar-refractivity contribution in [3.8, 4) is 0 Å². The Kier molecular flexibility index (Phi) is 4.71. The Balaban J connectivity index is 2.15. The molecule has 0 radical (unpaired) electrons. The molecular weight excluding hydrogens is 290 g/mol. The summed E-state index contributed by atoms with van der Waals surface area (Å²) in [6, 6.07) is 6.93. The molecule has 1 unspecified atom stereocenters. The van der Waals surface area contributed by atoms with E-state index in [4.69, 9.17) is 0 Å². The third-order valence-corrected chi connectivity index (χ3v) is 4.57. The van der Waals surface area contributed by atoms with E-state index in [2.05, 4.69) is 20.1 Å². The van der Waals surface area contributed by atoms with Crippen LogP contribution in [0.25, 0.3) is 0 Å². The highest BCUT2D eigenvalue weighted by molar-refractivity contribution is 7.89. The van der Waals surface area contributed by atoms with Crippen LogP contribution < -0.4 is 10.0 Å². The lowest BCUT2D eigenvalue weighted by atomic mass is 10.1. The van der Waals surface area contributed by atoms with Crippen molar-refractivity contribution in [2.45, 2.75) is 24.4 Å². The lowest BCUT2D eigenvalue weighted by Gasteiger charge is -2.12. The number of hydrogen-bond acceptors (Lipinski definition) is 5. The predicted molar refractivity (Wildman–Crippen MR) is 78.9 cm³/mol. The van der Waals surface area contributed by atoms with Gasteiger partial charge in [0.15, 0.2) is 5.82 Å². The highest BCUT2D eigenvalue weighted by atomic mass is 32.2. The first kappa shape index (κ1) is 15.6. The van der Waals surface area contributed by atoms with Gasteiger partial charge in [-0.25, -0.2) is 18.1 Å². The Morgan fingerprint density at radius 2 is 2.14 bits per heavy atom. The second-order valence-corrected chi connectivity index (χ2v) is 6.51. The maximum Gasteiger partial charge on any atom is 0.240 e. The molecule has 1 aromatic carbocycles. The van der Waals surface area contributed by atoms with Crippen LogP contribution in [0.1, 0.15) is 24.4 Å². The molecule has 0 bridgehead atoms. The minimum Gasteiger partial charge on any atom is -0.313 e. The number of aryl methyl sites for hydroxylation is 1. The van der Waals surface area contributed by atoms with Gasteiger partial charge < -0.3 is 5.32 Å². The molecule has 1 atom stereocenters. The van der Waals surface area contributed by atoms with E-state index in [0.717, 1.165) is 5.56 Å². The highest BCUT2D eigenvalue weighted by Gasteiger charge is 2.16. The van der Waals surface area contributed by atoms with Gasteiger partial charge in [-0.2, -0.15) is 5.10 Å². The molecule has 114 valence electrons. The van der Waals surface area contributed by atoms with Gasteiger partial charge in [-0.1, -0.05) is 12.1 Å². The Labute approximate surface area is 124 Å². The van der Waals surface area contributed by atoms with Crippen LogP contribution in [0, 0.1) is 0 Å². The summed E-state index contributed by atoms with van der Waals surface area (Å²) < 4.78 is 28.6. The zero-order valence-corrected chi connectivity index (χ0v) is 13.1. The monoisotopic (exact) mass is 309 g/mol. The van der Waals surface area contributed by atoms with Gasteiger partial charge in [-0.05, 0) is 31.7 Å². The third kappa shape index (κ3) is 3.87. The summed E-state index contributed by atoms with van der Waals surface area (Å²) in [6.07, 6.45) is 1.53. The Bertz CT molecular complexity index is 711. The molecule has 8 heteroatoms. The molecule has 7 nitrogen and oxygen atoms in total. The van der Waals surface area contributed by atoms with E-state index in [1.165, 1.54) is 11.0 Å². The van der Waals surface area contributed by atoms with Crippen molar-refractivity contribution in [2.24, 2.45) is 7.05 Å². The summed E-state index contributed by atoms with van der Waals surface area (Å²) >= 11 is 0. The van der Waals surface area contributed by atoms with E-state index >= 15 is 0 Å². The van der Waals surface area contributed by atoms with E-state index in [1.807, 2.05) is 20.0 Å². The number of aromatic nitrogens is 3. The van der Waals surface area contributed by atoms with E-state index in [9.17, 15) is 8.42 Å². The first-order valence-electron chi connectivity index (χ1n) is 6.54. The molecule has 2 aromatic rings. The predicted octanol–water partition coefficient (Wildman–Crippen LogP) is 0.574. The van der Waals surface area contributed by atoms with Gasteiger partial charge in [-0.3, -0.25) is 4.68 Å². The first-order valence-corrected chi connectivity index (χ1v) is 8.02. The molecule has 0 amide bonds. The Hall–Kier alpha value is -1.77. The summed E-state index contributed by atoms with van der Waals surface area (Å²) in [4.78, 5) is 4.22. The van der Waals surface area contributed by atoms with Crippen molar-refractivity contribution in [1.29, 1.82) is 0 Å². The fourth-order valence-electron chi connectivity index (χ4n) is 1.83. The van der Waals surface area contributed by atoms with E-state index in [-0.39, 0.29) is 17.5 Å². The lowest BCUT2D eigenvalue weighted by molar-refractivity contribution is 0.578. The van der Waals surface area contributed by atoms with Crippen molar-refractivity contribution in [3.05, 3.63) is 42.0 Å². The van der Waals surface area contributed by atoms with Gasteiger partial charge in [0.25, 0.3) is 0 Å². The number of rotatable bonds is 6. The van der Waals surface area contributed by atoms with Crippen LogP contribution in [0.3, 0.4) is 0 Å². The summed E-state index contributed by atoms with van der Waals surface area (Å²) in [6.45, 7) is 2.03. The minimum atomic E-state index is -3.58. The third-order valence-electron chi connectivity index (χ3n) is 3.17. The molecule has 0 aliphatic heterocycles. The second-order valence-electron chi connectivity index (χ2n) is 4.74. The molecule has 0 fully saturated rings. The van der Waals surface area contributed by atoms with Gasteiger partial charge in [0, 0.05) is 13.1 Å². The van der Waals surface area contributed by atoms with Gasteiger partial charge in [-0.15, -0.1) is 0 Å². The van der Waals surface area contributed by atoms with Crippen LogP contribution in [0.15, 0.2) is 35.5 Å². The number of nitrogens with one attached hydrogen (secondary N) is 2. The number of hydrogen-bond donors (Lipinski definition) is 2. The maximum atomic E-state index is 12.3. The van der Waals surface area contributed by atoms with Crippen LogP contribution >= 0.6 is 0 Å². The molecule has 2 N–H and O–H groups in total. The summed E-state index contributed by atoms with van der Waals surface area (Å²) in [7, 11) is -0.0205. The van der Waals surface area contributed by atoms with E-state index < -0.39 is 10.0 Å². The second kappa shape index (κ2) is 6.33. The van der Waals surface area contributed by atoms with Crippen molar-refractivity contribution < 1.29 is 8.42 Å². The minimum absolute atomic E-state index is 0.0645. The number of sulfonamides is 1. The average Bonchev–Trinajstić information content (AvgIpc) is 2.90. The normalized spacial score (nSPS) is 13.3. The molecule has 1 heterocycles. The SMILES string of the molecule is CNC(C)c1cccc(S(=O)(=O)NCc2ncn(C)n2)c1. The van der Waals surface area contributed by atoms with E-state index in [1.54, 1.807) is 25.2 Å². The Morgan fingerprint density at radius 1 is 1.38 bits per heavy atom. The maximum absolute atomic E-state index is 12.3. The molecule has 0 spiro atoms. The Morgan fingerprint density at radius 3 is 2.76 bits per heavy atom. The van der Waals surface area contributed by atoms with Crippen molar-refractivity contribution in [2.75, 3.05) is 7.05 Å². The van der Waals surface area contributed by atoms with Crippen LogP contribution in [0.2, 0.25) is 0 Å². The zero-order valence-electron chi connectivity index (χ0n) is 12.2. The molecule has 21 heavy (non-hydrogen) atoms. The van der Waals surface area contributed by atoms with Gasteiger partial charge in [0.2, 0.25) is 10.0 Å². The molecule has 1 aromatic heterocycles. The number of nitrogens with zero attached hydrogens (tertiary/aromatic N) is 3. The lowest BCUT2D eigenvalue weighted by Crippen LogP contribution is -2.24. The van der Waals surface area contributed by atoms with Gasteiger partial charge >= 0.3 is 0 Å². The number of benzene rings is 1. The fraction of sp³-hybridized carbons (Fsp3) is 0.385. The van der Waals surface area contributed by atoms with Crippen molar-refractivity contribution in [1.82, 2.24) is 24.8 Å². The quantitative estimate of drug-likeness (QED) is 0.814. The summed E-state index contributed by atoms with van der Waals surface area (Å²) in [5.74, 6) is 0.431. The summed E-state index contributed by atoms with van der Waals surface area (Å²) in [5, 5.41) is 7.12. The van der Waals surface area contributed by atoms with Crippen LogP contribution in [0.4, 0.5) is 0 Å². The van der Waals surface area contributed by atoms with Gasteiger partial charge in [0.1, 0.15) is 6.33 Å².